The first-order valence-electron chi connectivity index (χ1n) is 5.86. The molecule has 17 heavy (non-hydrogen) atoms. The molecule has 5 heteroatoms. The van der Waals surface area contributed by atoms with Gasteiger partial charge in [0.2, 0.25) is 0 Å². The van der Waals surface area contributed by atoms with Crippen molar-refractivity contribution >= 4 is 16.3 Å². The summed E-state index contributed by atoms with van der Waals surface area (Å²) < 4.78 is 7.68. The van der Waals surface area contributed by atoms with Gasteiger partial charge in [0.25, 0.3) is 0 Å². The van der Waals surface area contributed by atoms with Crippen LogP contribution in [-0.2, 0) is 11.3 Å². The van der Waals surface area contributed by atoms with E-state index in [9.17, 15) is 0 Å². The second-order valence-corrected chi connectivity index (χ2v) is 5.49. The molecule has 0 radical (unpaired) electrons. The number of ether oxygens (including phenoxy) is 1. The highest BCUT2D eigenvalue weighted by Gasteiger charge is 2.16. The zero-order chi connectivity index (χ0) is 12.3. The SMILES string of the molecule is CCOC(C)(C)CNCc1cn2ccsc2n1. The number of rotatable bonds is 6. The van der Waals surface area contributed by atoms with E-state index in [1.165, 1.54) is 0 Å². The van der Waals surface area contributed by atoms with Crippen LogP contribution in [0.1, 0.15) is 26.5 Å². The Morgan fingerprint density at radius 2 is 2.35 bits per heavy atom. The fourth-order valence-electron chi connectivity index (χ4n) is 1.79. The van der Waals surface area contributed by atoms with Crippen molar-refractivity contribution in [3.05, 3.63) is 23.5 Å². The second kappa shape index (κ2) is 5.16. The van der Waals surface area contributed by atoms with Gasteiger partial charge in [-0.1, -0.05) is 0 Å². The molecule has 0 aliphatic rings. The average molecular weight is 253 g/mol. The van der Waals surface area contributed by atoms with Gasteiger partial charge in [-0.3, -0.25) is 4.40 Å². The molecule has 0 fully saturated rings. The molecule has 4 nitrogen and oxygen atoms in total. The number of nitrogens with one attached hydrogen (secondary N) is 1. The van der Waals surface area contributed by atoms with Crippen molar-refractivity contribution in [1.29, 1.82) is 0 Å². The molecule has 2 heterocycles. The van der Waals surface area contributed by atoms with E-state index in [1.807, 2.05) is 18.5 Å². The molecule has 2 rings (SSSR count). The van der Waals surface area contributed by atoms with Crippen molar-refractivity contribution < 1.29 is 4.74 Å². The van der Waals surface area contributed by atoms with Gasteiger partial charge < -0.3 is 10.1 Å². The van der Waals surface area contributed by atoms with Crippen LogP contribution in [0.4, 0.5) is 0 Å². The van der Waals surface area contributed by atoms with E-state index in [-0.39, 0.29) is 5.60 Å². The Hall–Kier alpha value is -0.910. The quantitative estimate of drug-likeness (QED) is 0.858. The molecule has 0 spiro atoms. The molecule has 0 bridgehead atoms. The van der Waals surface area contributed by atoms with Crippen molar-refractivity contribution in [2.45, 2.75) is 32.9 Å². The van der Waals surface area contributed by atoms with Gasteiger partial charge in [-0.15, -0.1) is 11.3 Å². The van der Waals surface area contributed by atoms with Crippen molar-refractivity contribution in [2.75, 3.05) is 13.2 Å². The van der Waals surface area contributed by atoms with Gasteiger partial charge in [-0.05, 0) is 20.8 Å². The Morgan fingerprint density at radius 1 is 1.53 bits per heavy atom. The molecular formula is C12H19N3OS. The van der Waals surface area contributed by atoms with Crippen LogP contribution >= 0.6 is 11.3 Å². The van der Waals surface area contributed by atoms with Crippen LogP contribution < -0.4 is 5.32 Å². The Labute approximate surface area is 106 Å². The van der Waals surface area contributed by atoms with Crippen LogP contribution in [0.5, 0.6) is 0 Å². The van der Waals surface area contributed by atoms with Gasteiger partial charge in [0.1, 0.15) is 0 Å². The molecule has 2 aromatic heterocycles. The Bertz CT molecular complexity index is 446. The van der Waals surface area contributed by atoms with Crippen molar-refractivity contribution in [3.63, 3.8) is 0 Å². The summed E-state index contributed by atoms with van der Waals surface area (Å²) in [6.07, 6.45) is 4.09. The molecule has 1 N–H and O–H groups in total. The molecule has 0 saturated heterocycles. The molecule has 0 aliphatic heterocycles. The maximum atomic E-state index is 5.63. The number of hydrogen-bond donors (Lipinski definition) is 1. The molecule has 0 amide bonds. The summed E-state index contributed by atoms with van der Waals surface area (Å²) in [5.41, 5.74) is 0.954. The number of aromatic nitrogens is 2. The topological polar surface area (TPSA) is 38.6 Å². The van der Waals surface area contributed by atoms with E-state index in [0.29, 0.717) is 0 Å². The van der Waals surface area contributed by atoms with E-state index in [2.05, 4.69) is 34.7 Å². The molecule has 2 aromatic rings. The van der Waals surface area contributed by atoms with Crippen LogP contribution in [0.2, 0.25) is 0 Å². The maximum Gasteiger partial charge on any atom is 0.193 e. The summed E-state index contributed by atoms with van der Waals surface area (Å²) in [4.78, 5) is 5.56. The van der Waals surface area contributed by atoms with Crippen molar-refractivity contribution in [3.8, 4) is 0 Å². The van der Waals surface area contributed by atoms with Crippen LogP contribution in [0.15, 0.2) is 17.8 Å². The number of imidazole rings is 1. The monoisotopic (exact) mass is 253 g/mol. The molecule has 0 aliphatic carbocycles. The van der Waals surface area contributed by atoms with Gasteiger partial charge >= 0.3 is 0 Å². The Balaban J connectivity index is 1.84. The van der Waals surface area contributed by atoms with E-state index < -0.39 is 0 Å². The molecule has 0 atom stereocenters. The van der Waals surface area contributed by atoms with Crippen LogP contribution in [0.3, 0.4) is 0 Å². The van der Waals surface area contributed by atoms with Gasteiger partial charge in [0.15, 0.2) is 4.96 Å². The van der Waals surface area contributed by atoms with Crippen molar-refractivity contribution in [1.82, 2.24) is 14.7 Å². The fraction of sp³-hybridized carbons (Fsp3) is 0.583. The highest BCUT2D eigenvalue weighted by Crippen LogP contribution is 2.12. The highest BCUT2D eigenvalue weighted by molar-refractivity contribution is 7.15. The largest absolute Gasteiger partial charge is 0.375 e. The number of nitrogens with zero attached hydrogens (tertiary/aromatic N) is 2. The summed E-state index contributed by atoms with van der Waals surface area (Å²) in [7, 11) is 0. The molecule has 0 unspecified atom stereocenters. The van der Waals surface area contributed by atoms with Crippen LogP contribution in [-0.4, -0.2) is 28.1 Å². The van der Waals surface area contributed by atoms with E-state index in [1.54, 1.807) is 11.3 Å². The van der Waals surface area contributed by atoms with Crippen LogP contribution in [0, 0.1) is 0 Å². The van der Waals surface area contributed by atoms with Gasteiger partial charge in [-0.25, -0.2) is 4.98 Å². The average Bonchev–Trinajstić information content (AvgIpc) is 2.76. The third-order valence-corrected chi connectivity index (χ3v) is 3.31. The number of fused-ring (bicyclic) bond motifs is 1. The third kappa shape index (κ3) is 3.28. The lowest BCUT2D eigenvalue weighted by atomic mass is 10.1. The summed E-state index contributed by atoms with van der Waals surface area (Å²) in [5.74, 6) is 0. The Kier molecular flexibility index (Phi) is 3.81. The first kappa shape index (κ1) is 12.5. The minimum Gasteiger partial charge on any atom is -0.375 e. The second-order valence-electron chi connectivity index (χ2n) is 4.62. The van der Waals surface area contributed by atoms with Gasteiger partial charge in [0, 0.05) is 37.5 Å². The standard InChI is InChI=1S/C12H19N3OS/c1-4-16-12(2,3)9-13-7-10-8-15-5-6-17-11(15)14-10/h5-6,8,13H,4,7,9H2,1-3H3. The van der Waals surface area contributed by atoms with Gasteiger partial charge in [-0.2, -0.15) is 0 Å². The maximum absolute atomic E-state index is 5.63. The lowest BCUT2D eigenvalue weighted by Gasteiger charge is -2.24. The van der Waals surface area contributed by atoms with E-state index >= 15 is 0 Å². The summed E-state index contributed by atoms with van der Waals surface area (Å²) in [6.45, 7) is 8.56. The fourth-order valence-corrected chi connectivity index (χ4v) is 2.51. The summed E-state index contributed by atoms with van der Waals surface area (Å²) in [5, 5.41) is 5.42. The third-order valence-electron chi connectivity index (χ3n) is 2.54. The molecular weight excluding hydrogens is 234 g/mol. The zero-order valence-electron chi connectivity index (χ0n) is 10.6. The first-order chi connectivity index (χ1) is 8.11. The minimum absolute atomic E-state index is 0.119. The van der Waals surface area contributed by atoms with E-state index in [4.69, 9.17) is 4.74 Å². The summed E-state index contributed by atoms with van der Waals surface area (Å²) >= 11 is 1.65. The first-order valence-corrected chi connectivity index (χ1v) is 6.74. The predicted molar refractivity (Wildman–Crippen MR) is 70.5 cm³/mol. The normalized spacial score (nSPS) is 12.4. The molecule has 0 aromatic carbocycles. The Morgan fingerprint density at radius 3 is 3.06 bits per heavy atom. The number of hydrogen-bond acceptors (Lipinski definition) is 4. The summed E-state index contributed by atoms with van der Waals surface area (Å²) in [6, 6.07) is 0. The van der Waals surface area contributed by atoms with Gasteiger partial charge in [0.05, 0.1) is 11.3 Å². The van der Waals surface area contributed by atoms with Crippen LogP contribution in [0.25, 0.3) is 4.96 Å². The van der Waals surface area contributed by atoms with Crippen molar-refractivity contribution in [2.24, 2.45) is 0 Å². The molecule has 0 saturated carbocycles. The lowest BCUT2D eigenvalue weighted by molar-refractivity contribution is -0.00901. The van der Waals surface area contributed by atoms with E-state index in [0.717, 1.165) is 30.4 Å². The lowest BCUT2D eigenvalue weighted by Crippen LogP contribution is -2.37. The smallest absolute Gasteiger partial charge is 0.193 e. The minimum atomic E-state index is -0.119. The zero-order valence-corrected chi connectivity index (χ0v) is 11.4. The predicted octanol–water partition coefficient (Wildman–Crippen LogP) is 2.30. The number of thiazole rings is 1. The highest BCUT2D eigenvalue weighted by atomic mass is 32.1. The molecule has 94 valence electrons.